The van der Waals surface area contributed by atoms with Crippen molar-refractivity contribution in [1.29, 1.82) is 0 Å². The predicted octanol–water partition coefficient (Wildman–Crippen LogP) is 0.247. The Morgan fingerprint density at radius 1 is 1.15 bits per heavy atom. The van der Waals surface area contributed by atoms with Gasteiger partial charge in [0.05, 0.1) is 0 Å². The third kappa shape index (κ3) is 8.75. The van der Waals surface area contributed by atoms with Crippen LogP contribution in [0.4, 0.5) is 0 Å². The van der Waals surface area contributed by atoms with Crippen molar-refractivity contribution in [2.45, 2.75) is 58.5 Å². The molecule has 4 unspecified atom stereocenters. The van der Waals surface area contributed by atoms with E-state index in [0.717, 1.165) is 36.5 Å². The summed E-state index contributed by atoms with van der Waals surface area (Å²) in [6.07, 6.45) is 27.4. The molecule has 0 spiro atoms. The Balaban J connectivity index is 0.000000415. The molecule has 0 nitrogen and oxygen atoms in total. The van der Waals surface area contributed by atoms with Gasteiger partial charge in [0.2, 0.25) is 0 Å². The zero-order valence-corrected chi connectivity index (χ0v) is 22.5. The van der Waals surface area contributed by atoms with Crippen LogP contribution in [0.3, 0.4) is 0 Å². The minimum absolute atomic E-state index is 0. The van der Waals surface area contributed by atoms with Crippen molar-refractivity contribution in [3.8, 4) is 0 Å². The van der Waals surface area contributed by atoms with Crippen molar-refractivity contribution in [1.82, 2.24) is 0 Å². The standard InChI is InChI=1S/C13H17.C7H9.C2H6Si.2ClH.Hf/c1-3-7-12-10(5-1)9-11-6-2-4-8-13(11)12;1-2-7-5-3-4-6-7;1-3-2;;;/h1,3,5,7,9-13H,2,4,6,8H2;3,5H,2,4H2,1H3;1-2H3;2*1H;/q2*-1;;;;+2/p-2. The minimum atomic E-state index is 0. The van der Waals surface area contributed by atoms with Crippen molar-refractivity contribution in [3.05, 3.63) is 54.5 Å². The van der Waals surface area contributed by atoms with E-state index < -0.39 is 0 Å². The molecule has 2 fully saturated rings. The van der Waals surface area contributed by atoms with Crippen LogP contribution in [-0.4, -0.2) is 5.49 Å². The number of allylic oxidation sites excluding steroid dienone is 8. The molecule has 4 atom stereocenters. The summed E-state index contributed by atoms with van der Waals surface area (Å²) in [5.74, 6) is 3.56. The summed E-state index contributed by atoms with van der Waals surface area (Å²) >= 11 is 1.45. The summed E-state index contributed by atoms with van der Waals surface area (Å²) < 4.78 is 0. The van der Waals surface area contributed by atoms with E-state index in [1.807, 2.05) is 0 Å². The molecule has 0 bridgehead atoms. The van der Waals surface area contributed by atoms with Gasteiger partial charge in [0, 0.05) is 0 Å². The van der Waals surface area contributed by atoms with Crippen molar-refractivity contribution in [3.63, 3.8) is 0 Å². The molecule has 4 heteroatoms. The van der Waals surface area contributed by atoms with Crippen LogP contribution in [-0.2, 0) is 23.0 Å². The van der Waals surface area contributed by atoms with Crippen LogP contribution in [0.25, 0.3) is 0 Å². The molecule has 4 rings (SSSR count). The maximum Gasteiger partial charge on any atom is -1.00 e. The van der Waals surface area contributed by atoms with Gasteiger partial charge in [-0.2, -0.15) is 12.0 Å². The molecule has 0 radical (unpaired) electrons. The van der Waals surface area contributed by atoms with E-state index in [0.29, 0.717) is 0 Å². The van der Waals surface area contributed by atoms with Gasteiger partial charge in [-0.05, 0) is 5.92 Å². The quantitative estimate of drug-likeness (QED) is 0.312. The summed E-state index contributed by atoms with van der Waals surface area (Å²) in [6, 6.07) is 0. The molecule has 0 heterocycles. The van der Waals surface area contributed by atoms with Crippen LogP contribution in [0.15, 0.2) is 42.0 Å². The molecule has 144 valence electrons. The van der Waals surface area contributed by atoms with Crippen molar-refractivity contribution in [2.75, 3.05) is 0 Å². The van der Waals surface area contributed by atoms with Crippen LogP contribution in [0, 0.1) is 36.2 Å². The first-order chi connectivity index (χ1) is 11.6. The summed E-state index contributed by atoms with van der Waals surface area (Å²) in [5.41, 5.74) is 1.62. The van der Waals surface area contributed by atoms with E-state index in [4.69, 9.17) is 0 Å². The Morgan fingerprint density at radius 2 is 1.81 bits per heavy atom. The van der Waals surface area contributed by atoms with Crippen LogP contribution < -0.4 is 24.8 Å². The van der Waals surface area contributed by atoms with E-state index in [9.17, 15) is 0 Å². The SMILES string of the molecule is C1=CC2[CH-]C3CCCCC3C2C=C1.CCC1=[C-]CC=C1.C[Si](C)=[Hf+2].[Cl-].[Cl-]. The van der Waals surface area contributed by atoms with Gasteiger partial charge in [0.1, 0.15) is 0 Å². The zero-order valence-electron chi connectivity index (χ0n) is 16.3. The Bertz CT molecular complexity index is 532. The molecule has 0 N–H and O–H groups in total. The zero-order chi connectivity index (χ0) is 17.4. The van der Waals surface area contributed by atoms with Gasteiger partial charge in [-0.1, -0.05) is 63.2 Å². The van der Waals surface area contributed by atoms with E-state index in [-0.39, 0.29) is 30.3 Å². The second-order valence-corrected chi connectivity index (χ2v) is 20.2. The number of hydrogen-bond acceptors (Lipinski definition) is 0. The molecule has 4 aliphatic carbocycles. The average Bonchev–Trinajstić information content (AvgIpc) is 3.22. The van der Waals surface area contributed by atoms with Gasteiger partial charge in [-0.3, -0.25) is 6.08 Å². The fourth-order valence-electron chi connectivity index (χ4n) is 4.15. The molecule has 0 amide bonds. The third-order valence-electron chi connectivity index (χ3n) is 5.21. The number of fused-ring (bicyclic) bond motifs is 3. The maximum absolute atomic E-state index is 3.21. The van der Waals surface area contributed by atoms with Gasteiger partial charge in [0.15, 0.2) is 0 Å². The molecule has 0 aromatic carbocycles. The van der Waals surface area contributed by atoms with E-state index in [1.54, 1.807) is 0 Å². The summed E-state index contributed by atoms with van der Waals surface area (Å²) in [6.45, 7) is 6.81. The van der Waals surface area contributed by atoms with Gasteiger partial charge in [-0.15, -0.1) is 18.4 Å². The first kappa shape index (κ1) is 26.6. The molecule has 2 saturated carbocycles. The first-order valence-electron chi connectivity index (χ1n) is 9.59. The van der Waals surface area contributed by atoms with Crippen LogP contribution in [0.2, 0.25) is 13.1 Å². The third-order valence-corrected chi connectivity index (χ3v) is 5.21. The number of hydrogen-bond donors (Lipinski definition) is 0. The average molecular weight is 574 g/mol. The minimum Gasteiger partial charge on any atom is -1.00 e. The van der Waals surface area contributed by atoms with Crippen molar-refractivity contribution < 1.29 is 47.8 Å². The fraction of sp³-hybridized carbons (Fsp3) is 0.591. The fourth-order valence-corrected chi connectivity index (χ4v) is 4.15. The normalized spacial score (nSPS) is 29.5. The molecule has 26 heavy (non-hydrogen) atoms. The Hall–Kier alpha value is 0.627. The maximum atomic E-state index is 3.21. The second-order valence-electron chi connectivity index (χ2n) is 7.39. The molecule has 0 aliphatic heterocycles. The Kier molecular flexibility index (Phi) is 15.0. The summed E-state index contributed by atoms with van der Waals surface area (Å²) in [7, 11) is 0. The topological polar surface area (TPSA) is 0 Å². The Labute approximate surface area is 189 Å². The van der Waals surface area contributed by atoms with Crippen LogP contribution >= 0.6 is 0 Å². The molecule has 0 aromatic rings. The summed E-state index contributed by atoms with van der Waals surface area (Å²) in [4.78, 5) is 0. The smallest absolute Gasteiger partial charge is 1.00 e. The van der Waals surface area contributed by atoms with Gasteiger partial charge in [-0.25, -0.2) is 11.6 Å². The molecule has 0 saturated heterocycles. The predicted molar refractivity (Wildman–Crippen MR) is 103 cm³/mol. The number of halogens is 2. The van der Waals surface area contributed by atoms with Gasteiger partial charge in [0.25, 0.3) is 0 Å². The van der Waals surface area contributed by atoms with E-state index >= 15 is 0 Å². The summed E-state index contributed by atoms with van der Waals surface area (Å²) in [5, 5.41) is 0. The molecular formula is C22H32Cl2HfSi-2. The van der Waals surface area contributed by atoms with Gasteiger partial charge < -0.3 is 31.2 Å². The molecule has 4 aliphatic rings. The van der Waals surface area contributed by atoms with Crippen LogP contribution in [0.5, 0.6) is 0 Å². The van der Waals surface area contributed by atoms with E-state index in [1.165, 1.54) is 54.3 Å². The second kappa shape index (κ2) is 14.6. The van der Waals surface area contributed by atoms with Crippen LogP contribution in [0.1, 0.15) is 45.4 Å². The first-order valence-corrected chi connectivity index (χ1v) is 17.5. The molecular weight excluding hydrogens is 542 g/mol. The van der Waals surface area contributed by atoms with Crippen molar-refractivity contribution in [2.24, 2.45) is 23.7 Å². The van der Waals surface area contributed by atoms with Crippen molar-refractivity contribution >= 4 is 5.49 Å². The Morgan fingerprint density at radius 3 is 2.38 bits per heavy atom. The number of rotatable bonds is 1. The van der Waals surface area contributed by atoms with E-state index in [2.05, 4.69) is 69.0 Å². The molecule has 0 aromatic heterocycles. The van der Waals surface area contributed by atoms with Gasteiger partial charge >= 0.3 is 41.6 Å². The monoisotopic (exact) mass is 574 g/mol. The largest absolute Gasteiger partial charge is 1.00 e.